The monoisotopic (exact) mass is 301 g/mol. The zero-order valence-electron chi connectivity index (χ0n) is 11.5. The summed E-state index contributed by atoms with van der Waals surface area (Å²) in [6.45, 7) is 2.35. The molecule has 2 amide bonds. The Bertz CT molecular complexity index is 669. The minimum Gasteiger partial charge on any atom is -0.355 e. The molecular weight excluding hydrogens is 286 g/mol. The van der Waals surface area contributed by atoms with Gasteiger partial charge >= 0.3 is 0 Å². The van der Waals surface area contributed by atoms with Gasteiger partial charge in [0.25, 0.3) is 0 Å². The molecule has 1 aliphatic heterocycles. The lowest BCUT2D eigenvalue weighted by molar-refractivity contribution is -0.130. The number of hydrogen-bond acceptors (Lipinski definition) is 4. The van der Waals surface area contributed by atoms with Gasteiger partial charge in [0, 0.05) is 17.8 Å². The maximum Gasteiger partial charge on any atom is 0.239 e. The molecule has 2 aromatic rings. The van der Waals surface area contributed by atoms with Crippen molar-refractivity contribution in [1.82, 2.24) is 10.3 Å². The van der Waals surface area contributed by atoms with Gasteiger partial charge in [-0.1, -0.05) is 30.3 Å². The quantitative estimate of drug-likeness (QED) is 0.851. The summed E-state index contributed by atoms with van der Waals surface area (Å²) in [4.78, 5) is 28.6. The van der Waals surface area contributed by atoms with Gasteiger partial charge in [-0.05, 0) is 12.5 Å². The predicted octanol–water partition coefficient (Wildman–Crippen LogP) is 1.92. The molecule has 6 heteroatoms. The Morgan fingerprint density at radius 1 is 1.38 bits per heavy atom. The molecule has 2 unspecified atom stereocenters. The van der Waals surface area contributed by atoms with Gasteiger partial charge in [0.2, 0.25) is 11.8 Å². The van der Waals surface area contributed by atoms with E-state index >= 15 is 0 Å². The second kappa shape index (κ2) is 5.65. The molecule has 1 aromatic carbocycles. The minimum atomic E-state index is -0.711. The van der Waals surface area contributed by atoms with Crippen molar-refractivity contribution < 1.29 is 9.59 Å². The molecule has 1 aromatic heterocycles. The first-order chi connectivity index (χ1) is 10.1. The Kier molecular flexibility index (Phi) is 3.70. The molecule has 1 saturated heterocycles. The van der Waals surface area contributed by atoms with Gasteiger partial charge in [0.1, 0.15) is 5.92 Å². The third kappa shape index (κ3) is 2.80. The van der Waals surface area contributed by atoms with E-state index in [1.807, 2.05) is 42.6 Å². The van der Waals surface area contributed by atoms with Crippen molar-refractivity contribution in [3.8, 4) is 0 Å². The van der Waals surface area contributed by atoms with Crippen LogP contribution in [0.2, 0.25) is 0 Å². The fourth-order valence-electron chi connectivity index (χ4n) is 2.53. The van der Waals surface area contributed by atoms with E-state index in [4.69, 9.17) is 0 Å². The molecule has 1 aliphatic rings. The number of carbonyl (C=O) groups excluding carboxylic acids is 2. The molecule has 2 heterocycles. The number of thiazole rings is 1. The molecule has 0 bridgehead atoms. The standard InChI is InChI=1S/C15H15N3O2S/c1-9-8-21-15(17-9)18-14(20)12-11(7-16-13(12)19)10-5-3-2-4-6-10/h2-6,8,11-12H,7H2,1H3,(H,16,19)(H,17,18,20). The van der Waals surface area contributed by atoms with Crippen LogP contribution in [0.25, 0.3) is 0 Å². The van der Waals surface area contributed by atoms with Crippen LogP contribution in [0.3, 0.4) is 0 Å². The fraction of sp³-hybridized carbons (Fsp3) is 0.267. The van der Waals surface area contributed by atoms with Crippen molar-refractivity contribution in [3.05, 3.63) is 47.0 Å². The molecule has 21 heavy (non-hydrogen) atoms. The summed E-state index contributed by atoms with van der Waals surface area (Å²) in [6, 6.07) is 9.63. The van der Waals surface area contributed by atoms with Crippen LogP contribution in [0.4, 0.5) is 5.13 Å². The maximum atomic E-state index is 12.4. The van der Waals surface area contributed by atoms with Gasteiger partial charge in [-0.3, -0.25) is 9.59 Å². The SMILES string of the molecule is Cc1csc(NC(=O)C2C(=O)NCC2c2ccccc2)n1. The maximum absolute atomic E-state index is 12.4. The van der Waals surface area contributed by atoms with Gasteiger partial charge in [-0.2, -0.15) is 0 Å². The normalized spacial score (nSPS) is 21.1. The molecule has 0 radical (unpaired) electrons. The molecule has 3 rings (SSSR count). The van der Waals surface area contributed by atoms with E-state index in [0.29, 0.717) is 11.7 Å². The topological polar surface area (TPSA) is 71.1 Å². The number of nitrogens with zero attached hydrogens (tertiary/aromatic N) is 1. The van der Waals surface area contributed by atoms with Gasteiger partial charge in [-0.15, -0.1) is 11.3 Å². The van der Waals surface area contributed by atoms with Crippen LogP contribution in [-0.4, -0.2) is 23.3 Å². The van der Waals surface area contributed by atoms with E-state index < -0.39 is 5.92 Å². The lowest BCUT2D eigenvalue weighted by Crippen LogP contribution is -2.32. The fourth-order valence-corrected chi connectivity index (χ4v) is 3.22. The summed E-state index contributed by atoms with van der Waals surface area (Å²) in [7, 11) is 0. The first kappa shape index (κ1) is 13.8. The summed E-state index contributed by atoms with van der Waals surface area (Å²) in [5, 5.41) is 7.91. The van der Waals surface area contributed by atoms with Crippen molar-refractivity contribution in [3.63, 3.8) is 0 Å². The molecule has 0 saturated carbocycles. The Labute approximate surface area is 126 Å². The largest absolute Gasteiger partial charge is 0.355 e. The minimum absolute atomic E-state index is 0.139. The highest BCUT2D eigenvalue weighted by molar-refractivity contribution is 7.13. The Hall–Kier alpha value is -2.21. The van der Waals surface area contributed by atoms with Crippen LogP contribution >= 0.6 is 11.3 Å². The van der Waals surface area contributed by atoms with Gasteiger partial charge < -0.3 is 10.6 Å². The first-order valence-corrected chi connectivity index (χ1v) is 7.59. The van der Waals surface area contributed by atoms with Gasteiger partial charge in [0.15, 0.2) is 5.13 Å². The Balaban J connectivity index is 1.81. The van der Waals surface area contributed by atoms with Crippen LogP contribution in [0.1, 0.15) is 17.2 Å². The molecule has 0 aliphatic carbocycles. The molecule has 108 valence electrons. The van der Waals surface area contributed by atoms with Crippen LogP contribution in [0.5, 0.6) is 0 Å². The second-order valence-electron chi connectivity index (χ2n) is 5.02. The molecule has 2 atom stereocenters. The van der Waals surface area contributed by atoms with Crippen molar-refractivity contribution in [1.29, 1.82) is 0 Å². The molecule has 0 spiro atoms. The van der Waals surface area contributed by atoms with Crippen LogP contribution in [-0.2, 0) is 9.59 Å². The van der Waals surface area contributed by atoms with Crippen molar-refractivity contribution in [2.45, 2.75) is 12.8 Å². The number of carbonyl (C=O) groups is 2. The number of aromatic nitrogens is 1. The average Bonchev–Trinajstić information content (AvgIpc) is 3.06. The number of rotatable bonds is 3. The Morgan fingerprint density at radius 2 is 2.14 bits per heavy atom. The highest BCUT2D eigenvalue weighted by atomic mass is 32.1. The summed E-state index contributed by atoms with van der Waals surface area (Å²) in [6.07, 6.45) is 0. The van der Waals surface area contributed by atoms with E-state index in [2.05, 4.69) is 15.6 Å². The van der Waals surface area contributed by atoms with E-state index in [-0.39, 0.29) is 17.7 Å². The van der Waals surface area contributed by atoms with E-state index in [1.165, 1.54) is 11.3 Å². The lowest BCUT2D eigenvalue weighted by atomic mass is 9.88. The first-order valence-electron chi connectivity index (χ1n) is 6.71. The highest BCUT2D eigenvalue weighted by Crippen LogP contribution is 2.30. The number of benzene rings is 1. The van der Waals surface area contributed by atoms with Gasteiger partial charge in [-0.25, -0.2) is 4.98 Å². The Morgan fingerprint density at radius 3 is 2.81 bits per heavy atom. The number of hydrogen-bond donors (Lipinski definition) is 2. The zero-order chi connectivity index (χ0) is 14.8. The van der Waals surface area contributed by atoms with Crippen LogP contribution in [0.15, 0.2) is 35.7 Å². The average molecular weight is 301 g/mol. The van der Waals surface area contributed by atoms with Gasteiger partial charge in [0.05, 0.1) is 5.69 Å². The van der Waals surface area contributed by atoms with E-state index in [1.54, 1.807) is 0 Å². The molecule has 5 nitrogen and oxygen atoms in total. The van der Waals surface area contributed by atoms with E-state index in [9.17, 15) is 9.59 Å². The summed E-state index contributed by atoms with van der Waals surface area (Å²) in [5.41, 5.74) is 1.84. The van der Waals surface area contributed by atoms with Crippen molar-refractivity contribution in [2.24, 2.45) is 5.92 Å². The summed E-state index contributed by atoms with van der Waals surface area (Å²) >= 11 is 1.36. The smallest absolute Gasteiger partial charge is 0.239 e. The third-order valence-corrected chi connectivity index (χ3v) is 4.42. The number of anilines is 1. The van der Waals surface area contributed by atoms with Crippen LogP contribution in [0, 0.1) is 12.8 Å². The lowest BCUT2D eigenvalue weighted by Gasteiger charge is -2.16. The second-order valence-corrected chi connectivity index (χ2v) is 5.88. The highest BCUT2D eigenvalue weighted by Gasteiger charge is 2.41. The third-order valence-electron chi connectivity index (χ3n) is 3.54. The molecular formula is C15H15N3O2S. The molecule has 1 fully saturated rings. The van der Waals surface area contributed by atoms with Crippen LogP contribution < -0.4 is 10.6 Å². The molecule has 2 N–H and O–H groups in total. The number of amides is 2. The van der Waals surface area contributed by atoms with Crippen molar-refractivity contribution >= 4 is 28.3 Å². The number of aryl methyl sites for hydroxylation is 1. The predicted molar refractivity (Wildman–Crippen MR) is 81.2 cm³/mol. The van der Waals surface area contributed by atoms with E-state index in [0.717, 1.165) is 11.3 Å². The number of nitrogens with one attached hydrogen (secondary N) is 2. The summed E-state index contributed by atoms with van der Waals surface area (Å²) in [5.74, 6) is -1.38. The summed E-state index contributed by atoms with van der Waals surface area (Å²) < 4.78 is 0. The van der Waals surface area contributed by atoms with Crippen molar-refractivity contribution in [2.75, 3.05) is 11.9 Å². The zero-order valence-corrected chi connectivity index (χ0v) is 12.3.